The Hall–Kier alpha value is -2.66. The fourth-order valence-corrected chi connectivity index (χ4v) is 5.34. The van der Waals surface area contributed by atoms with Gasteiger partial charge in [0.2, 0.25) is 5.91 Å². The zero-order valence-corrected chi connectivity index (χ0v) is 20.7. The molecule has 2 aliphatic heterocycles. The molecular formula is C29H39N3O2. The van der Waals surface area contributed by atoms with Crippen molar-refractivity contribution in [3.8, 4) is 0 Å². The summed E-state index contributed by atoms with van der Waals surface area (Å²) >= 11 is 0. The molecule has 2 heterocycles. The van der Waals surface area contributed by atoms with Crippen molar-refractivity contribution in [3.63, 3.8) is 0 Å². The fourth-order valence-electron chi connectivity index (χ4n) is 5.34. The molecule has 2 aliphatic rings. The van der Waals surface area contributed by atoms with Crippen molar-refractivity contribution in [1.82, 2.24) is 15.1 Å². The highest BCUT2D eigenvalue weighted by Gasteiger charge is 2.36. The highest BCUT2D eigenvalue weighted by molar-refractivity contribution is 6.01. The Kier molecular flexibility index (Phi) is 8.39. The third-order valence-corrected chi connectivity index (χ3v) is 7.25. The molecule has 0 radical (unpaired) electrons. The van der Waals surface area contributed by atoms with Crippen LogP contribution in [0.15, 0.2) is 54.6 Å². The smallest absolute Gasteiger partial charge is 0.255 e. The van der Waals surface area contributed by atoms with Crippen LogP contribution in [0.25, 0.3) is 0 Å². The molecule has 5 heteroatoms. The van der Waals surface area contributed by atoms with Crippen LogP contribution < -0.4 is 5.32 Å². The minimum absolute atomic E-state index is 0.0172. The van der Waals surface area contributed by atoms with E-state index in [1.54, 1.807) is 4.90 Å². The summed E-state index contributed by atoms with van der Waals surface area (Å²) in [6.07, 6.45) is 5.30. The Morgan fingerprint density at radius 3 is 2.44 bits per heavy atom. The number of likely N-dealkylation sites (tertiary alicyclic amines) is 1. The molecule has 2 aromatic rings. The number of hydrogen-bond donors (Lipinski definition) is 1. The van der Waals surface area contributed by atoms with Gasteiger partial charge in [-0.1, -0.05) is 62.4 Å². The van der Waals surface area contributed by atoms with Gasteiger partial charge in [0.05, 0.1) is 0 Å². The van der Waals surface area contributed by atoms with Crippen molar-refractivity contribution >= 4 is 11.8 Å². The Morgan fingerprint density at radius 2 is 1.74 bits per heavy atom. The first-order valence-corrected chi connectivity index (χ1v) is 12.9. The van der Waals surface area contributed by atoms with Gasteiger partial charge in [-0.05, 0) is 80.8 Å². The number of rotatable bonds is 10. The lowest BCUT2D eigenvalue weighted by atomic mass is 9.90. The van der Waals surface area contributed by atoms with Crippen LogP contribution in [-0.4, -0.2) is 53.8 Å². The second kappa shape index (κ2) is 11.7. The molecule has 182 valence electrons. The molecule has 34 heavy (non-hydrogen) atoms. The third kappa shape index (κ3) is 6.26. The molecule has 1 N–H and O–H groups in total. The first-order chi connectivity index (χ1) is 16.5. The van der Waals surface area contributed by atoms with E-state index in [1.807, 2.05) is 24.3 Å². The van der Waals surface area contributed by atoms with Crippen molar-refractivity contribution in [2.75, 3.05) is 26.2 Å². The first-order valence-electron chi connectivity index (χ1n) is 12.9. The summed E-state index contributed by atoms with van der Waals surface area (Å²) in [4.78, 5) is 30.3. The average Bonchev–Trinajstić information content (AvgIpc) is 3.18. The summed E-state index contributed by atoms with van der Waals surface area (Å²) in [5.74, 6) is 1.08. The summed E-state index contributed by atoms with van der Waals surface area (Å²) in [5.41, 5.74) is 3.20. The zero-order chi connectivity index (χ0) is 23.9. The van der Waals surface area contributed by atoms with Crippen LogP contribution in [0.2, 0.25) is 0 Å². The van der Waals surface area contributed by atoms with Crippen LogP contribution in [0.1, 0.15) is 61.0 Å². The van der Waals surface area contributed by atoms with Crippen molar-refractivity contribution in [2.45, 2.75) is 58.5 Å². The minimum atomic E-state index is -0.409. The molecule has 1 saturated heterocycles. The van der Waals surface area contributed by atoms with Gasteiger partial charge in [-0.25, -0.2) is 0 Å². The SMILES string of the molecule is CC(C)CC(C(=O)NCCCN1CCC(Cc2ccccc2)CC1)N1Cc2ccccc2C1=O. The number of carbonyl (C=O) groups is 2. The standard InChI is InChI=1S/C29H39N3O2/c1-22(2)19-27(32-21-25-11-6-7-12-26(25)29(32)34)28(33)30-15-8-16-31-17-13-24(14-18-31)20-23-9-4-3-5-10-23/h3-7,9-12,22,24,27H,8,13-21H2,1-2H3,(H,30,33). The molecular weight excluding hydrogens is 422 g/mol. The molecule has 0 bridgehead atoms. The number of amides is 2. The van der Waals surface area contributed by atoms with Crippen molar-refractivity contribution in [3.05, 3.63) is 71.3 Å². The van der Waals surface area contributed by atoms with Crippen LogP contribution in [0, 0.1) is 11.8 Å². The van der Waals surface area contributed by atoms with Gasteiger partial charge >= 0.3 is 0 Å². The van der Waals surface area contributed by atoms with Gasteiger partial charge in [0.1, 0.15) is 6.04 Å². The Morgan fingerprint density at radius 1 is 1.03 bits per heavy atom. The summed E-state index contributed by atoms with van der Waals surface area (Å²) < 4.78 is 0. The van der Waals surface area contributed by atoms with Gasteiger partial charge in [-0.3, -0.25) is 9.59 Å². The molecule has 0 aliphatic carbocycles. The summed E-state index contributed by atoms with van der Waals surface area (Å²) in [7, 11) is 0. The van der Waals surface area contributed by atoms with Crippen molar-refractivity contribution in [2.24, 2.45) is 11.8 Å². The lowest BCUT2D eigenvalue weighted by Gasteiger charge is -2.32. The molecule has 0 aromatic heterocycles. The number of fused-ring (bicyclic) bond motifs is 1. The van der Waals surface area contributed by atoms with Crippen molar-refractivity contribution in [1.29, 1.82) is 0 Å². The van der Waals surface area contributed by atoms with E-state index in [0.29, 0.717) is 25.4 Å². The van der Waals surface area contributed by atoms with Crippen LogP contribution in [0.4, 0.5) is 0 Å². The highest BCUT2D eigenvalue weighted by Crippen LogP contribution is 2.27. The number of piperidine rings is 1. The maximum atomic E-state index is 13.1. The van der Waals surface area contributed by atoms with E-state index in [-0.39, 0.29) is 11.8 Å². The molecule has 0 spiro atoms. The van der Waals surface area contributed by atoms with E-state index in [4.69, 9.17) is 0 Å². The van der Waals surface area contributed by atoms with Gasteiger partial charge in [0.25, 0.3) is 5.91 Å². The lowest BCUT2D eigenvalue weighted by Crippen LogP contribution is -2.48. The number of nitrogens with one attached hydrogen (secondary N) is 1. The quantitative estimate of drug-likeness (QED) is 0.530. The fraction of sp³-hybridized carbons (Fsp3) is 0.517. The number of nitrogens with zero attached hydrogens (tertiary/aromatic N) is 2. The maximum absolute atomic E-state index is 13.1. The molecule has 4 rings (SSSR count). The number of benzene rings is 2. The predicted molar refractivity (Wildman–Crippen MR) is 136 cm³/mol. The maximum Gasteiger partial charge on any atom is 0.255 e. The molecule has 1 atom stereocenters. The normalized spacial score (nSPS) is 17.7. The molecule has 2 amide bonds. The van der Waals surface area contributed by atoms with Gasteiger partial charge in [0.15, 0.2) is 0 Å². The van der Waals surface area contributed by atoms with E-state index in [9.17, 15) is 9.59 Å². The summed E-state index contributed by atoms with van der Waals surface area (Å²) in [6, 6.07) is 18.1. The van der Waals surface area contributed by atoms with Crippen LogP contribution in [0.5, 0.6) is 0 Å². The Labute approximate surface area is 204 Å². The Bertz CT molecular complexity index is 951. The van der Waals surface area contributed by atoms with Crippen LogP contribution in [-0.2, 0) is 17.8 Å². The van der Waals surface area contributed by atoms with Gasteiger partial charge in [-0.15, -0.1) is 0 Å². The van der Waals surface area contributed by atoms with Crippen LogP contribution in [0.3, 0.4) is 0 Å². The van der Waals surface area contributed by atoms with Crippen LogP contribution >= 0.6 is 0 Å². The molecule has 0 saturated carbocycles. The van der Waals surface area contributed by atoms with Crippen molar-refractivity contribution < 1.29 is 9.59 Å². The van der Waals surface area contributed by atoms with E-state index in [2.05, 4.69) is 54.4 Å². The Balaban J connectivity index is 1.20. The largest absolute Gasteiger partial charge is 0.354 e. The second-order valence-corrected chi connectivity index (χ2v) is 10.4. The highest BCUT2D eigenvalue weighted by atomic mass is 16.2. The van der Waals surface area contributed by atoms with Gasteiger partial charge in [-0.2, -0.15) is 0 Å². The number of carbonyl (C=O) groups excluding carboxylic acids is 2. The summed E-state index contributed by atoms with van der Waals surface area (Å²) in [6.45, 7) is 8.69. The van der Waals surface area contributed by atoms with E-state index in [0.717, 1.165) is 43.1 Å². The lowest BCUT2D eigenvalue weighted by molar-refractivity contribution is -0.126. The monoisotopic (exact) mass is 461 g/mol. The van der Waals surface area contributed by atoms with E-state index < -0.39 is 6.04 Å². The van der Waals surface area contributed by atoms with E-state index >= 15 is 0 Å². The topological polar surface area (TPSA) is 52.7 Å². The third-order valence-electron chi connectivity index (χ3n) is 7.25. The average molecular weight is 462 g/mol. The van der Waals surface area contributed by atoms with Gasteiger partial charge in [0, 0.05) is 18.7 Å². The molecule has 1 fully saturated rings. The molecule has 2 aromatic carbocycles. The molecule has 5 nitrogen and oxygen atoms in total. The second-order valence-electron chi connectivity index (χ2n) is 10.4. The minimum Gasteiger partial charge on any atom is -0.354 e. The predicted octanol–water partition coefficient (Wildman–Crippen LogP) is 4.52. The number of hydrogen-bond acceptors (Lipinski definition) is 3. The zero-order valence-electron chi connectivity index (χ0n) is 20.7. The van der Waals surface area contributed by atoms with Gasteiger partial charge < -0.3 is 15.1 Å². The summed E-state index contributed by atoms with van der Waals surface area (Å²) in [5, 5.41) is 3.13. The molecule has 1 unspecified atom stereocenters. The first kappa shape index (κ1) is 24.5. The van der Waals surface area contributed by atoms with E-state index in [1.165, 1.54) is 24.8 Å².